The number of carbonyl (C=O) groups is 3. The molecule has 6 nitrogen and oxygen atoms in total. The van der Waals surface area contributed by atoms with Crippen molar-refractivity contribution in [1.29, 1.82) is 0 Å². The maximum absolute atomic E-state index is 12.5. The van der Waals surface area contributed by atoms with Crippen molar-refractivity contribution in [3.63, 3.8) is 0 Å². The van der Waals surface area contributed by atoms with Crippen molar-refractivity contribution in [2.24, 2.45) is 0 Å². The Bertz CT molecular complexity index is 691. The minimum absolute atomic E-state index is 0.151. The standard InChI is InChI=1S/C17H18N2O4S/c1-10-9-24-16-13(18-11(2)20)15(21)19(16)14(10)17(22)23-8-12-6-4-3-5-7-12/h3-7,13-14,16H,1,8-9H2,2H3,(H,18,20)/t13-,14?,16+/m1/s1. The predicted molar refractivity (Wildman–Crippen MR) is 89.9 cm³/mol. The molecule has 1 aromatic carbocycles. The zero-order valence-electron chi connectivity index (χ0n) is 13.2. The summed E-state index contributed by atoms with van der Waals surface area (Å²) in [4.78, 5) is 37.5. The Morgan fingerprint density at radius 1 is 1.38 bits per heavy atom. The van der Waals surface area contributed by atoms with Crippen molar-refractivity contribution in [3.8, 4) is 0 Å². The average Bonchev–Trinajstić information content (AvgIpc) is 2.58. The smallest absolute Gasteiger partial charge is 0.333 e. The molecule has 126 valence electrons. The van der Waals surface area contributed by atoms with Crippen molar-refractivity contribution in [2.45, 2.75) is 31.0 Å². The zero-order valence-corrected chi connectivity index (χ0v) is 14.0. The number of rotatable bonds is 4. The molecule has 1 N–H and O–H groups in total. The summed E-state index contributed by atoms with van der Waals surface area (Å²) in [5.41, 5.74) is 1.52. The van der Waals surface area contributed by atoms with E-state index in [1.54, 1.807) is 0 Å². The van der Waals surface area contributed by atoms with E-state index in [-0.39, 0.29) is 23.8 Å². The summed E-state index contributed by atoms with van der Waals surface area (Å²) in [7, 11) is 0. The topological polar surface area (TPSA) is 75.7 Å². The number of carbonyl (C=O) groups excluding carboxylic acids is 3. The minimum Gasteiger partial charge on any atom is -0.459 e. The minimum atomic E-state index is -0.780. The van der Waals surface area contributed by atoms with Gasteiger partial charge in [-0.1, -0.05) is 36.9 Å². The maximum Gasteiger partial charge on any atom is 0.333 e. The van der Waals surface area contributed by atoms with Crippen LogP contribution < -0.4 is 5.32 Å². The van der Waals surface area contributed by atoms with Gasteiger partial charge in [-0.25, -0.2) is 4.79 Å². The van der Waals surface area contributed by atoms with Crippen LogP contribution in [0.25, 0.3) is 0 Å². The van der Waals surface area contributed by atoms with E-state index in [0.717, 1.165) is 5.56 Å². The van der Waals surface area contributed by atoms with Crippen LogP contribution in [-0.4, -0.2) is 45.9 Å². The van der Waals surface area contributed by atoms with E-state index in [0.29, 0.717) is 11.3 Å². The van der Waals surface area contributed by atoms with Gasteiger partial charge in [0.2, 0.25) is 11.8 Å². The lowest BCUT2D eigenvalue weighted by molar-refractivity contribution is -0.164. The molecule has 24 heavy (non-hydrogen) atoms. The second kappa shape index (κ2) is 6.68. The van der Waals surface area contributed by atoms with E-state index in [4.69, 9.17) is 4.74 Å². The van der Waals surface area contributed by atoms with Gasteiger partial charge < -0.3 is 15.0 Å². The van der Waals surface area contributed by atoms with Gasteiger partial charge in [0.15, 0.2) is 6.04 Å². The van der Waals surface area contributed by atoms with E-state index in [2.05, 4.69) is 11.9 Å². The molecule has 0 bridgehead atoms. The highest BCUT2D eigenvalue weighted by Gasteiger charge is 2.56. The third kappa shape index (κ3) is 3.03. The number of fused-ring (bicyclic) bond motifs is 1. The summed E-state index contributed by atoms with van der Waals surface area (Å²) < 4.78 is 5.37. The maximum atomic E-state index is 12.5. The zero-order chi connectivity index (χ0) is 17.3. The van der Waals surface area contributed by atoms with Crippen LogP contribution in [0.15, 0.2) is 42.5 Å². The molecule has 0 spiro atoms. The van der Waals surface area contributed by atoms with Gasteiger partial charge in [0.1, 0.15) is 18.0 Å². The fourth-order valence-electron chi connectivity index (χ4n) is 2.85. The molecule has 3 atom stereocenters. The second-order valence-electron chi connectivity index (χ2n) is 5.78. The third-order valence-corrected chi connectivity index (χ3v) is 5.37. The molecular formula is C17H18N2O4S. The van der Waals surface area contributed by atoms with Crippen LogP contribution >= 0.6 is 11.8 Å². The molecule has 2 heterocycles. The van der Waals surface area contributed by atoms with Gasteiger partial charge in [0.25, 0.3) is 0 Å². The summed E-state index contributed by atoms with van der Waals surface area (Å²) in [6, 6.07) is 7.99. The number of β-lactam (4-membered cyclic amide) rings is 1. The lowest BCUT2D eigenvalue weighted by Gasteiger charge is -2.52. The highest BCUT2D eigenvalue weighted by atomic mass is 32.2. The molecule has 2 amide bonds. The second-order valence-corrected chi connectivity index (χ2v) is 6.88. The van der Waals surface area contributed by atoms with Crippen molar-refractivity contribution in [1.82, 2.24) is 10.2 Å². The molecule has 3 rings (SSSR count). The molecule has 2 fully saturated rings. The van der Waals surface area contributed by atoms with E-state index >= 15 is 0 Å². The Morgan fingerprint density at radius 3 is 2.75 bits per heavy atom. The van der Waals surface area contributed by atoms with Gasteiger partial charge in [0, 0.05) is 12.7 Å². The normalized spacial score (nSPS) is 25.5. The summed E-state index contributed by atoms with van der Waals surface area (Å²) >= 11 is 1.49. The van der Waals surface area contributed by atoms with Crippen LogP contribution in [0.4, 0.5) is 0 Å². The van der Waals surface area contributed by atoms with Crippen molar-refractivity contribution in [2.75, 3.05) is 5.75 Å². The number of esters is 1. The molecule has 1 unspecified atom stereocenters. The van der Waals surface area contributed by atoms with Crippen molar-refractivity contribution in [3.05, 3.63) is 48.0 Å². The largest absolute Gasteiger partial charge is 0.459 e. The van der Waals surface area contributed by atoms with Crippen LogP contribution in [0.2, 0.25) is 0 Å². The Morgan fingerprint density at radius 2 is 2.08 bits per heavy atom. The first-order chi connectivity index (χ1) is 11.5. The van der Waals surface area contributed by atoms with Gasteiger partial charge in [0.05, 0.1) is 0 Å². The monoisotopic (exact) mass is 346 g/mol. The number of hydrogen-bond acceptors (Lipinski definition) is 5. The number of amides is 2. The van der Waals surface area contributed by atoms with Crippen LogP contribution in [0, 0.1) is 0 Å². The van der Waals surface area contributed by atoms with Gasteiger partial charge in [-0.2, -0.15) is 0 Å². The van der Waals surface area contributed by atoms with Crippen LogP contribution in [0.3, 0.4) is 0 Å². The Labute approximate surface area is 144 Å². The highest BCUT2D eigenvalue weighted by molar-refractivity contribution is 8.00. The molecule has 0 radical (unpaired) electrons. The Balaban J connectivity index is 1.67. The van der Waals surface area contributed by atoms with Gasteiger partial charge in [-0.15, -0.1) is 11.8 Å². The predicted octanol–water partition coefficient (Wildman–Crippen LogP) is 1.07. The fourth-order valence-corrected chi connectivity index (χ4v) is 4.15. The average molecular weight is 346 g/mol. The number of hydrogen-bond donors (Lipinski definition) is 1. The van der Waals surface area contributed by atoms with E-state index < -0.39 is 18.1 Å². The number of ether oxygens (including phenoxy) is 1. The lowest BCUT2D eigenvalue weighted by atomic mass is 9.98. The number of nitrogens with zero attached hydrogens (tertiary/aromatic N) is 1. The van der Waals surface area contributed by atoms with Crippen LogP contribution in [0.5, 0.6) is 0 Å². The first-order valence-electron chi connectivity index (χ1n) is 7.58. The molecule has 2 aliphatic rings. The molecule has 0 aliphatic carbocycles. The van der Waals surface area contributed by atoms with E-state index in [1.807, 2.05) is 30.3 Å². The van der Waals surface area contributed by atoms with Gasteiger partial charge >= 0.3 is 5.97 Å². The summed E-state index contributed by atoms with van der Waals surface area (Å²) in [5.74, 6) is -0.467. The van der Waals surface area contributed by atoms with Crippen LogP contribution in [-0.2, 0) is 25.7 Å². The number of nitrogens with one attached hydrogen (secondary N) is 1. The fraction of sp³-hybridized carbons (Fsp3) is 0.353. The van der Waals surface area contributed by atoms with Gasteiger partial charge in [-0.3, -0.25) is 9.59 Å². The summed E-state index contributed by atoms with van der Waals surface area (Å²) in [6.07, 6.45) is 0. The van der Waals surface area contributed by atoms with E-state index in [1.165, 1.54) is 23.6 Å². The lowest BCUT2D eigenvalue weighted by Crippen LogP contribution is -2.74. The molecule has 0 saturated carbocycles. The molecule has 7 heteroatoms. The highest BCUT2D eigenvalue weighted by Crippen LogP contribution is 2.40. The first kappa shape index (κ1) is 16.6. The third-order valence-electron chi connectivity index (χ3n) is 3.99. The molecule has 0 aromatic heterocycles. The molecular weight excluding hydrogens is 328 g/mol. The molecule has 2 saturated heterocycles. The quantitative estimate of drug-likeness (QED) is 0.501. The number of benzene rings is 1. The molecule has 2 aliphatic heterocycles. The summed E-state index contributed by atoms with van der Waals surface area (Å²) in [6.45, 7) is 5.43. The SMILES string of the molecule is C=C1CS[C@H]2[C@H](NC(C)=O)C(=O)N2C1C(=O)OCc1ccccc1. The van der Waals surface area contributed by atoms with Crippen molar-refractivity contribution < 1.29 is 19.1 Å². The van der Waals surface area contributed by atoms with E-state index in [9.17, 15) is 14.4 Å². The molecule has 1 aromatic rings. The first-order valence-corrected chi connectivity index (χ1v) is 8.63. The van der Waals surface area contributed by atoms with Crippen LogP contribution in [0.1, 0.15) is 12.5 Å². The summed E-state index contributed by atoms with van der Waals surface area (Å²) in [5, 5.41) is 2.38. The Hall–Kier alpha value is -2.28. The van der Waals surface area contributed by atoms with Gasteiger partial charge in [-0.05, 0) is 11.1 Å². The van der Waals surface area contributed by atoms with Crippen molar-refractivity contribution >= 4 is 29.5 Å². The number of thioether (sulfide) groups is 1. The Kier molecular flexibility index (Phi) is 4.62.